The second-order valence-corrected chi connectivity index (χ2v) is 10.3. The molecule has 32 heavy (non-hydrogen) atoms. The van der Waals surface area contributed by atoms with Crippen molar-refractivity contribution in [2.24, 2.45) is 5.73 Å². The second kappa shape index (κ2) is 8.49. The SMILES string of the molecule is N[C@@H]1C[C@@H](C(=O)O)N(c2nc(N3CCN(c4ccc(Cl)cc4)CC3)nc3c2S(=O)CC3)C1. The smallest absolute Gasteiger partial charge is 0.326 e. The average molecular weight is 477 g/mol. The molecule has 0 bridgehead atoms. The Morgan fingerprint density at radius 2 is 1.81 bits per heavy atom. The molecular weight excluding hydrogens is 452 g/mol. The van der Waals surface area contributed by atoms with Crippen LogP contribution in [0.3, 0.4) is 0 Å². The molecule has 0 aliphatic carbocycles. The van der Waals surface area contributed by atoms with Crippen LogP contribution in [0.2, 0.25) is 5.02 Å². The Balaban J connectivity index is 1.42. The Morgan fingerprint density at radius 3 is 2.50 bits per heavy atom. The predicted molar refractivity (Wildman–Crippen MR) is 124 cm³/mol. The number of aryl methyl sites for hydroxylation is 1. The fourth-order valence-electron chi connectivity index (χ4n) is 4.65. The van der Waals surface area contributed by atoms with Crippen molar-refractivity contribution in [3.05, 3.63) is 35.0 Å². The van der Waals surface area contributed by atoms with Gasteiger partial charge in [-0.2, -0.15) is 4.98 Å². The summed E-state index contributed by atoms with van der Waals surface area (Å²) in [6, 6.07) is 6.77. The van der Waals surface area contributed by atoms with Gasteiger partial charge in [0.05, 0.1) is 16.5 Å². The van der Waals surface area contributed by atoms with Gasteiger partial charge in [-0.05, 0) is 30.7 Å². The third-order valence-corrected chi connectivity index (χ3v) is 8.00. The van der Waals surface area contributed by atoms with Gasteiger partial charge < -0.3 is 25.5 Å². The zero-order chi connectivity index (χ0) is 22.4. The number of carboxylic acids is 1. The highest BCUT2D eigenvalue weighted by Gasteiger charge is 2.40. The lowest BCUT2D eigenvalue weighted by atomic mass is 10.2. The minimum Gasteiger partial charge on any atom is -0.480 e. The first kappa shape index (κ1) is 21.4. The summed E-state index contributed by atoms with van der Waals surface area (Å²) in [5.41, 5.74) is 7.96. The molecule has 0 radical (unpaired) electrons. The lowest BCUT2D eigenvalue weighted by Crippen LogP contribution is -2.47. The Bertz CT molecular complexity index is 1060. The molecule has 2 fully saturated rings. The number of carbonyl (C=O) groups is 1. The summed E-state index contributed by atoms with van der Waals surface area (Å²) in [5.74, 6) is 0.592. The van der Waals surface area contributed by atoms with Gasteiger partial charge in [0.2, 0.25) is 5.95 Å². The molecule has 2 aromatic rings. The molecular formula is C21H25ClN6O3S. The third kappa shape index (κ3) is 3.91. The Hall–Kier alpha value is -2.43. The number of hydrogen-bond acceptors (Lipinski definition) is 8. The zero-order valence-corrected chi connectivity index (χ0v) is 19.1. The van der Waals surface area contributed by atoms with Crippen molar-refractivity contribution >= 4 is 45.8 Å². The van der Waals surface area contributed by atoms with Crippen molar-refractivity contribution < 1.29 is 14.1 Å². The maximum Gasteiger partial charge on any atom is 0.326 e. The first-order chi connectivity index (χ1) is 15.4. The lowest BCUT2D eigenvalue weighted by Gasteiger charge is -2.36. The quantitative estimate of drug-likeness (QED) is 0.669. The van der Waals surface area contributed by atoms with E-state index < -0.39 is 22.8 Å². The maximum atomic E-state index is 12.7. The molecule has 5 rings (SSSR count). The molecule has 0 saturated carbocycles. The van der Waals surface area contributed by atoms with E-state index in [1.54, 1.807) is 4.90 Å². The summed E-state index contributed by atoms with van der Waals surface area (Å²) in [6.45, 7) is 3.43. The number of benzene rings is 1. The van der Waals surface area contributed by atoms with Crippen molar-refractivity contribution in [1.29, 1.82) is 0 Å². The van der Waals surface area contributed by atoms with Crippen LogP contribution in [-0.2, 0) is 22.0 Å². The number of fused-ring (bicyclic) bond motifs is 1. The van der Waals surface area contributed by atoms with Crippen LogP contribution in [0.1, 0.15) is 12.1 Å². The molecule has 3 atom stereocenters. The number of hydrogen-bond donors (Lipinski definition) is 2. The van der Waals surface area contributed by atoms with E-state index in [2.05, 4.69) is 9.80 Å². The number of halogens is 1. The number of piperazine rings is 1. The van der Waals surface area contributed by atoms with Crippen LogP contribution in [0.25, 0.3) is 0 Å². The van der Waals surface area contributed by atoms with Gasteiger partial charge in [-0.1, -0.05) is 11.6 Å². The van der Waals surface area contributed by atoms with Crippen molar-refractivity contribution in [3.63, 3.8) is 0 Å². The number of anilines is 3. The first-order valence-corrected chi connectivity index (χ1v) is 12.4. The van der Waals surface area contributed by atoms with Crippen LogP contribution in [-0.4, -0.2) is 75.8 Å². The molecule has 4 heterocycles. The molecule has 11 heteroatoms. The minimum atomic E-state index is -1.23. The van der Waals surface area contributed by atoms with E-state index in [0.717, 1.165) is 37.6 Å². The summed E-state index contributed by atoms with van der Waals surface area (Å²) in [4.78, 5) is 28.1. The van der Waals surface area contributed by atoms with Crippen LogP contribution in [0.5, 0.6) is 0 Å². The molecule has 2 saturated heterocycles. The van der Waals surface area contributed by atoms with E-state index >= 15 is 0 Å². The highest BCUT2D eigenvalue weighted by molar-refractivity contribution is 7.85. The topological polar surface area (TPSA) is 116 Å². The Labute approximate surface area is 193 Å². The monoisotopic (exact) mass is 476 g/mol. The summed E-state index contributed by atoms with van der Waals surface area (Å²) in [6.07, 6.45) is 0.947. The van der Waals surface area contributed by atoms with E-state index in [1.807, 2.05) is 24.3 Å². The van der Waals surface area contributed by atoms with Gasteiger partial charge in [0.1, 0.15) is 10.9 Å². The lowest BCUT2D eigenvalue weighted by molar-refractivity contribution is -0.138. The van der Waals surface area contributed by atoms with Crippen molar-refractivity contribution in [1.82, 2.24) is 9.97 Å². The molecule has 1 aromatic carbocycles. The van der Waals surface area contributed by atoms with E-state index in [9.17, 15) is 14.1 Å². The Kier molecular flexibility index (Phi) is 5.68. The molecule has 3 aliphatic rings. The normalized spacial score (nSPS) is 25.3. The van der Waals surface area contributed by atoms with E-state index in [-0.39, 0.29) is 6.04 Å². The molecule has 0 amide bonds. The molecule has 1 aromatic heterocycles. The number of rotatable bonds is 4. The highest BCUT2D eigenvalue weighted by Crippen LogP contribution is 2.36. The van der Waals surface area contributed by atoms with Gasteiger partial charge in [0.15, 0.2) is 5.82 Å². The van der Waals surface area contributed by atoms with Crippen LogP contribution in [0.15, 0.2) is 29.2 Å². The van der Waals surface area contributed by atoms with Crippen LogP contribution in [0, 0.1) is 0 Å². The van der Waals surface area contributed by atoms with Crippen molar-refractivity contribution in [3.8, 4) is 0 Å². The summed E-state index contributed by atoms with van der Waals surface area (Å²) >= 11 is 6.00. The standard InChI is InChI=1S/C21H25ClN6O3S/c22-13-1-3-15(4-2-13)26-6-8-27(9-7-26)21-24-16-5-10-32(31)18(16)19(25-21)28-12-14(23)11-17(28)20(29)30/h1-4,14,17H,5-12,23H2,(H,29,30)/t14-,17+,32?/m1/s1. The zero-order valence-electron chi connectivity index (χ0n) is 17.5. The van der Waals surface area contributed by atoms with Gasteiger partial charge in [-0.15, -0.1) is 0 Å². The second-order valence-electron chi connectivity index (χ2n) is 8.38. The summed E-state index contributed by atoms with van der Waals surface area (Å²) < 4.78 is 12.7. The van der Waals surface area contributed by atoms with E-state index in [4.69, 9.17) is 27.3 Å². The molecule has 1 unspecified atom stereocenters. The van der Waals surface area contributed by atoms with Crippen LogP contribution >= 0.6 is 11.6 Å². The Morgan fingerprint density at radius 1 is 1.12 bits per heavy atom. The summed E-state index contributed by atoms with van der Waals surface area (Å²) in [5, 5.41) is 10.4. The fourth-order valence-corrected chi connectivity index (χ4v) is 6.14. The predicted octanol–water partition coefficient (Wildman–Crippen LogP) is 1.11. The number of carboxylic acid groups (broad SMARTS) is 1. The number of nitrogens with two attached hydrogens (primary N) is 1. The fraction of sp³-hybridized carbons (Fsp3) is 0.476. The van der Waals surface area contributed by atoms with Gasteiger partial charge >= 0.3 is 5.97 Å². The maximum absolute atomic E-state index is 12.7. The molecule has 3 N–H and O–H groups in total. The minimum absolute atomic E-state index is 0.261. The van der Waals surface area contributed by atoms with Crippen LogP contribution in [0.4, 0.5) is 17.5 Å². The van der Waals surface area contributed by atoms with Gasteiger partial charge in [-0.3, -0.25) is 4.21 Å². The van der Waals surface area contributed by atoms with Gasteiger partial charge in [0.25, 0.3) is 0 Å². The van der Waals surface area contributed by atoms with Crippen molar-refractivity contribution in [2.45, 2.75) is 29.8 Å². The van der Waals surface area contributed by atoms with Crippen molar-refractivity contribution in [2.75, 3.05) is 53.2 Å². The third-order valence-electron chi connectivity index (χ3n) is 6.30. The number of nitrogens with zero attached hydrogens (tertiary/aromatic N) is 5. The van der Waals surface area contributed by atoms with Gasteiger partial charge in [-0.25, -0.2) is 9.78 Å². The average Bonchev–Trinajstić information content (AvgIpc) is 3.37. The molecule has 170 valence electrons. The first-order valence-electron chi connectivity index (χ1n) is 10.7. The summed E-state index contributed by atoms with van der Waals surface area (Å²) in [7, 11) is -1.23. The van der Waals surface area contributed by atoms with E-state index in [0.29, 0.717) is 46.8 Å². The number of aromatic nitrogens is 2. The van der Waals surface area contributed by atoms with E-state index in [1.165, 1.54) is 0 Å². The highest BCUT2D eigenvalue weighted by atomic mass is 35.5. The molecule has 9 nitrogen and oxygen atoms in total. The molecule has 3 aliphatic heterocycles. The largest absolute Gasteiger partial charge is 0.480 e. The van der Waals surface area contributed by atoms with Gasteiger partial charge in [0, 0.05) is 61.6 Å². The number of aliphatic carboxylic acids is 1. The van der Waals surface area contributed by atoms with Crippen LogP contribution < -0.4 is 20.4 Å². The molecule has 0 spiro atoms.